The molecule has 120 valence electrons. The molecule has 0 radical (unpaired) electrons. The van der Waals surface area contributed by atoms with Crippen LogP contribution in [0.5, 0.6) is 0 Å². The van der Waals surface area contributed by atoms with Crippen molar-refractivity contribution >= 4 is 33.1 Å². The smallest absolute Gasteiger partial charge is 0.276 e. The Balaban J connectivity index is 1.98. The number of para-hydroxylation sites is 2. The lowest BCUT2D eigenvalue weighted by Gasteiger charge is -2.05. The highest BCUT2D eigenvalue weighted by Gasteiger charge is 2.16. The van der Waals surface area contributed by atoms with E-state index in [0.29, 0.717) is 22.2 Å². The molecule has 5 aromatic rings. The highest BCUT2D eigenvalue weighted by atomic mass is 16.1. The topological polar surface area (TPSA) is 76.5 Å². The quantitative estimate of drug-likeness (QED) is 0.480. The Morgan fingerprint density at radius 2 is 1.64 bits per heavy atom. The molecule has 0 unspecified atom stereocenters. The van der Waals surface area contributed by atoms with E-state index < -0.39 is 0 Å². The standard InChI is InChI=1S/C19H13N5O/c1-11-15-18(24(23-11)12-7-3-2-4-8-12)22-16-13-9-5-6-10-14(13)20-19(25)17(16)21-15/h2-10H,1H3,(H,20,25). The summed E-state index contributed by atoms with van der Waals surface area (Å²) < 4.78 is 1.77. The second kappa shape index (κ2) is 4.98. The van der Waals surface area contributed by atoms with Gasteiger partial charge < -0.3 is 4.98 Å². The number of rotatable bonds is 1. The number of hydrogen-bond acceptors (Lipinski definition) is 4. The third-order valence-electron chi connectivity index (χ3n) is 4.32. The first-order chi connectivity index (χ1) is 12.2. The number of aromatic nitrogens is 5. The van der Waals surface area contributed by atoms with Gasteiger partial charge in [-0.25, -0.2) is 14.6 Å². The minimum atomic E-state index is -0.241. The minimum absolute atomic E-state index is 0.241. The molecule has 0 fully saturated rings. The van der Waals surface area contributed by atoms with Gasteiger partial charge in [-0.15, -0.1) is 0 Å². The Kier molecular flexibility index (Phi) is 2.76. The van der Waals surface area contributed by atoms with Crippen LogP contribution in [0, 0.1) is 6.92 Å². The van der Waals surface area contributed by atoms with Crippen LogP contribution in [0.2, 0.25) is 0 Å². The zero-order chi connectivity index (χ0) is 17.0. The van der Waals surface area contributed by atoms with E-state index in [1.54, 1.807) is 4.68 Å². The average Bonchev–Trinajstić information content (AvgIpc) is 2.98. The van der Waals surface area contributed by atoms with Gasteiger partial charge in [0.05, 0.1) is 16.9 Å². The predicted octanol–water partition coefficient (Wildman–Crippen LogP) is 3.12. The normalized spacial score (nSPS) is 11.6. The van der Waals surface area contributed by atoms with E-state index in [1.165, 1.54) is 0 Å². The zero-order valence-electron chi connectivity index (χ0n) is 13.4. The zero-order valence-corrected chi connectivity index (χ0v) is 13.4. The van der Waals surface area contributed by atoms with Crippen molar-refractivity contribution in [1.82, 2.24) is 24.7 Å². The lowest BCUT2D eigenvalue weighted by Crippen LogP contribution is -2.09. The number of benzene rings is 2. The fraction of sp³-hybridized carbons (Fsp3) is 0.0526. The van der Waals surface area contributed by atoms with Crippen molar-refractivity contribution in [2.45, 2.75) is 6.92 Å². The van der Waals surface area contributed by atoms with Gasteiger partial charge in [-0.3, -0.25) is 4.79 Å². The molecule has 6 heteroatoms. The Bertz CT molecular complexity index is 1320. The number of H-pyrrole nitrogens is 1. The van der Waals surface area contributed by atoms with Crippen molar-refractivity contribution in [3.8, 4) is 5.69 Å². The average molecular weight is 327 g/mol. The summed E-state index contributed by atoms with van der Waals surface area (Å²) in [6.07, 6.45) is 0. The van der Waals surface area contributed by atoms with E-state index in [1.807, 2.05) is 61.5 Å². The molecule has 3 heterocycles. The highest BCUT2D eigenvalue weighted by molar-refractivity contribution is 6.03. The first kappa shape index (κ1) is 13.9. The maximum Gasteiger partial charge on any atom is 0.276 e. The molecule has 25 heavy (non-hydrogen) atoms. The molecule has 6 nitrogen and oxygen atoms in total. The molecule has 0 saturated heterocycles. The number of aromatic amines is 1. The number of aryl methyl sites for hydroxylation is 1. The van der Waals surface area contributed by atoms with Crippen molar-refractivity contribution in [1.29, 1.82) is 0 Å². The molecular weight excluding hydrogens is 314 g/mol. The molecule has 0 atom stereocenters. The molecule has 0 spiro atoms. The minimum Gasteiger partial charge on any atom is -0.320 e. The van der Waals surface area contributed by atoms with E-state index in [9.17, 15) is 4.79 Å². The van der Waals surface area contributed by atoms with Crippen LogP contribution >= 0.6 is 0 Å². The predicted molar refractivity (Wildman–Crippen MR) is 97.0 cm³/mol. The van der Waals surface area contributed by atoms with Gasteiger partial charge in [0.15, 0.2) is 11.2 Å². The van der Waals surface area contributed by atoms with Gasteiger partial charge in [0.1, 0.15) is 11.0 Å². The van der Waals surface area contributed by atoms with E-state index in [4.69, 9.17) is 4.98 Å². The molecule has 0 aliphatic rings. The Labute approximate surface area is 141 Å². The summed E-state index contributed by atoms with van der Waals surface area (Å²) in [4.78, 5) is 24.7. The van der Waals surface area contributed by atoms with Crippen LogP contribution < -0.4 is 5.56 Å². The summed E-state index contributed by atoms with van der Waals surface area (Å²) in [5, 5.41) is 5.44. The van der Waals surface area contributed by atoms with Crippen LogP contribution in [0.25, 0.3) is 38.8 Å². The van der Waals surface area contributed by atoms with Crippen molar-refractivity contribution in [3.05, 3.63) is 70.6 Å². The summed E-state index contributed by atoms with van der Waals surface area (Å²) in [5.41, 5.74) is 4.35. The Morgan fingerprint density at radius 1 is 0.880 bits per heavy atom. The molecule has 5 rings (SSSR count). The second-order valence-electron chi connectivity index (χ2n) is 5.93. The largest absolute Gasteiger partial charge is 0.320 e. The van der Waals surface area contributed by atoms with E-state index in [-0.39, 0.29) is 5.56 Å². The SMILES string of the molecule is Cc1nn(-c2ccccc2)c2nc3c(nc12)c(=O)[nH]c1ccccc13. The molecule has 0 aliphatic carbocycles. The van der Waals surface area contributed by atoms with Crippen molar-refractivity contribution in [2.75, 3.05) is 0 Å². The Hall–Kier alpha value is -3.54. The third-order valence-corrected chi connectivity index (χ3v) is 4.32. The molecule has 0 saturated carbocycles. The monoisotopic (exact) mass is 327 g/mol. The van der Waals surface area contributed by atoms with Crippen LogP contribution in [-0.4, -0.2) is 24.7 Å². The summed E-state index contributed by atoms with van der Waals surface area (Å²) >= 11 is 0. The third kappa shape index (κ3) is 1.97. The summed E-state index contributed by atoms with van der Waals surface area (Å²) in [6.45, 7) is 1.87. The maximum atomic E-state index is 12.4. The summed E-state index contributed by atoms with van der Waals surface area (Å²) in [5.74, 6) is 0. The molecule has 0 amide bonds. The summed E-state index contributed by atoms with van der Waals surface area (Å²) in [7, 11) is 0. The summed E-state index contributed by atoms with van der Waals surface area (Å²) in [6, 6.07) is 17.4. The van der Waals surface area contributed by atoms with Crippen molar-refractivity contribution < 1.29 is 0 Å². The molecule has 0 aliphatic heterocycles. The van der Waals surface area contributed by atoms with Gasteiger partial charge in [0.25, 0.3) is 5.56 Å². The van der Waals surface area contributed by atoms with Gasteiger partial charge >= 0.3 is 0 Å². The van der Waals surface area contributed by atoms with Gasteiger partial charge in [-0.2, -0.15) is 5.10 Å². The van der Waals surface area contributed by atoms with Gasteiger partial charge in [-0.05, 0) is 25.1 Å². The first-order valence-electron chi connectivity index (χ1n) is 7.96. The van der Waals surface area contributed by atoms with Crippen LogP contribution in [0.4, 0.5) is 0 Å². The van der Waals surface area contributed by atoms with Crippen LogP contribution in [0.3, 0.4) is 0 Å². The van der Waals surface area contributed by atoms with E-state index >= 15 is 0 Å². The van der Waals surface area contributed by atoms with Gasteiger partial charge in [0, 0.05) is 5.39 Å². The Morgan fingerprint density at radius 3 is 2.48 bits per heavy atom. The lowest BCUT2D eigenvalue weighted by atomic mass is 10.2. The number of nitrogens with zero attached hydrogens (tertiary/aromatic N) is 4. The number of hydrogen-bond donors (Lipinski definition) is 1. The van der Waals surface area contributed by atoms with Crippen molar-refractivity contribution in [3.63, 3.8) is 0 Å². The molecule has 1 N–H and O–H groups in total. The number of pyridine rings is 1. The van der Waals surface area contributed by atoms with Crippen LogP contribution in [0.1, 0.15) is 5.69 Å². The second-order valence-corrected chi connectivity index (χ2v) is 5.93. The van der Waals surface area contributed by atoms with E-state index in [2.05, 4.69) is 15.1 Å². The van der Waals surface area contributed by atoms with Gasteiger partial charge in [0.2, 0.25) is 0 Å². The molecule has 3 aromatic heterocycles. The first-order valence-corrected chi connectivity index (χ1v) is 7.96. The number of nitrogens with one attached hydrogen (secondary N) is 1. The van der Waals surface area contributed by atoms with Crippen molar-refractivity contribution in [2.24, 2.45) is 0 Å². The van der Waals surface area contributed by atoms with Gasteiger partial charge in [-0.1, -0.05) is 36.4 Å². The van der Waals surface area contributed by atoms with Crippen LogP contribution in [-0.2, 0) is 0 Å². The number of fused-ring (bicyclic) bond motifs is 4. The fourth-order valence-corrected chi connectivity index (χ4v) is 3.14. The lowest BCUT2D eigenvalue weighted by molar-refractivity contribution is 0.879. The maximum absolute atomic E-state index is 12.4. The highest BCUT2D eigenvalue weighted by Crippen LogP contribution is 2.24. The van der Waals surface area contributed by atoms with Crippen LogP contribution in [0.15, 0.2) is 59.4 Å². The fourth-order valence-electron chi connectivity index (χ4n) is 3.14. The molecule has 0 bridgehead atoms. The molecule has 2 aromatic carbocycles. The van der Waals surface area contributed by atoms with E-state index in [0.717, 1.165) is 22.3 Å². The molecular formula is C19H13N5O.